The summed E-state index contributed by atoms with van der Waals surface area (Å²) in [5.41, 5.74) is 5.01. The van der Waals surface area contributed by atoms with E-state index in [4.69, 9.17) is 5.73 Å². The van der Waals surface area contributed by atoms with Gasteiger partial charge in [0.05, 0.1) is 16.6 Å². The molecule has 0 bridgehead atoms. The van der Waals surface area contributed by atoms with Gasteiger partial charge in [-0.05, 0) is 30.7 Å². The first-order valence-electron chi connectivity index (χ1n) is 5.31. The zero-order chi connectivity index (χ0) is 13.7. The maximum Gasteiger partial charge on any atom is 0.279 e. The van der Waals surface area contributed by atoms with Gasteiger partial charge in [0.15, 0.2) is 6.29 Å². The van der Waals surface area contributed by atoms with E-state index in [-0.39, 0.29) is 29.8 Å². The fourth-order valence-electron chi connectivity index (χ4n) is 1.57. The van der Waals surface area contributed by atoms with Crippen LogP contribution >= 0.6 is 0 Å². The Hall–Kier alpha value is -1.83. The van der Waals surface area contributed by atoms with Gasteiger partial charge in [-0.25, -0.2) is 0 Å². The molecule has 4 N–H and O–H groups in total. The standard InChI is InChI=1S/C11H14N2O5/c12-4-3-10(15)11(16)7-1-2-9(13(17)18)8(5-7)6-14/h1-2,5-6,10-11,15-16H,3-4,12H2. The fraction of sp³-hybridized carbons (Fsp3) is 0.364. The van der Waals surface area contributed by atoms with Gasteiger partial charge in [-0.2, -0.15) is 0 Å². The number of nitrogens with two attached hydrogens (primary N) is 1. The molecule has 18 heavy (non-hydrogen) atoms. The zero-order valence-corrected chi connectivity index (χ0v) is 9.52. The fourth-order valence-corrected chi connectivity index (χ4v) is 1.57. The Bertz CT molecular complexity index is 449. The molecule has 7 nitrogen and oxygen atoms in total. The lowest BCUT2D eigenvalue weighted by Gasteiger charge is -2.17. The lowest BCUT2D eigenvalue weighted by molar-refractivity contribution is -0.385. The van der Waals surface area contributed by atoms with Crippen LogP contribution in [-0.4, -0.2) is 34.1 Å². The molecule has 0 aliphatic heterocycles. The van der Waals surface area contributed by atoms with Crippen molar-refractivity contribution in [3.8, 4) is 0 Å². The zero-order valence-electron chi connectivity index (χ0n) is 9.52. The summed E-state index contributed by atoms with van der Waals surface area (Å²) >= 11 is 0. The molecule has 0 amide bonds. The van der Waals surface area contributed by atoms with Crippen molar-refractivity contribution in [2.45, 2.75) is 18.6 Å². The van der Waals surface area contributed by atoms with Crippen molar-refractivity contribution < 1.29 is 19.9 Å². The van der Waals surface area contributed by atoms with E-state index in [9.17, 15) is 25.1 Å². The summed E-state index contributed by atoms with van der Waals surface area (Å²) in [6.07, 6.45) is -1.78. The van der Waals surface area contributed by atoms with Crippen LogP contribution in [0.2, 0.25) is 0 Å². The normalized spacial score (nSPS) is 13.9. The van der Waals surface area contributed by atoms with Crippen molar-refractivity contribution >= 4 is 12.0 Å². The molecule has 1 aromatic rings. The summed E-state index contributed by atoms with van der Waals surface area (Å²) in [7, 11) is 0. The topological polar surface area (TPSA) is 127 Å². The van der Waals surface area contributed by atoms with Crippen LogP contribution in [-0.2, 0) is 0 Å². The van der Waals surface area contributed by atoms with Crippen LogP contribution in [0.3, 0.4) is 0 Å². The summed E-state index contributed by atoms with van der Waals surface area (Å²) in [4.78, 5) is 20.7. The average molecular weight is 254 g/mol. The number of benzene rings is 1. The monoisotopic (exact) mass is 254 g/mol. The third-order valence-electron chi connectivity index (χ3n) is 2.54. The molecule has 98 valence electrons. The number of aliphatic hydroxyl groups is 2. The van der Waals surface area contributed by atoms with E-state index in [0.29, 0.717) is 6.29 Å². The highest BCUT2D eigenvalue weighted by atomic mass is 16.6. The first kappa shape index (κ1) is 14.2. The highest BCUT2D eigenvalue weighted by Crippen LogP contribution is 2.24. The number of aldehydes is 1. The van der Waals surface area contributed by atoms with Crippen LogP contribution in [0, 0.1) is 10.1 Å². The average Bonchev–Trinajstić information content (AvgIpc) is 2.37. The molecule has 1 aromatic carbocycles. The Balaban J connectivity index is 3.05. The highest BCUT2D eigenvalue weighted by molar-refractivity contribution is 5.81. The second-order valence-corrected chi connectivity index (χ2v) is 3.78. The van der Waals surface area contributed by atoms with Gasteiger partial charge in [-0.1, -0.05) is 0 Å². The minimum atomic E-state index is -1.23. The van der Waals surface area contributed by atoms with Crippen molar-refractivity contribution in [2.75, 3.05) is 6.54 Å². The Morgan fingerprint density at radius 2 is 2.11 bits per heavy atom. The summed E-state index contributed by atoms with van der Waals surface area (Å²) in [6, 6.07) is 3.61. The molecule has 0 fully saturated rings. The maximum absolute atomic E-state index is 10.7. The van der Waals surface area contributed by atoms with Gasteiger partial charge in [-0.3, -0.25) is 14.9 Å². The lowest BCUT2D eigenvalue weighted by atomic mass is 9.99. The van der Waals surface area contributed by atoms with E-state index < -0.39 is 17.1 Å². The number of carbonyl (C=O) groups excluding carboxylic acids is 1. The second kappa shape index (κ2) is 6.20. The summed E-state index contributed by atoms with van der Waals surface area (Å²) in [5.74, 6) is 0. The third kappa shape index (κ3) is 3.10. The van der Waals surface area contributed by atoms with E-state index >= 15 is 0 Å². The van der Waals surface area contributed by atoms with Gasteiger partial charge in [-0.15, -0.1) is 0 Å². The molecule has 0 aliphatic carbocycles. The number of hydrogen-bond acceptors (Lipinski definition) is 6. The molecular formula is C11H14N2O5. The Morgan fingerprint density at radius 3 is 2.61 bits per heavy atom. The first-order valence-corrected chi connectivity index (χ1v) is 5.31. The van der Waals surface area contributed by atoms with E-state index in [2.05, 4.69) is 0 Å². The van der Waals surface area contributed by atoms with Gasteiger partial charge >= 0.3 is 0 Å². The molecule has 2 unspecified atom stereocenters. The molecule has 0 saturated heterocycles. The van der Waals surface area contributed by atoms with Crippen molar-refractivity contribution in [1.82, 2.24) is 0 Å². The third-order valence-corrected chi connectivity index (χ3v) is 2.54. The minimum Gasteiger partial charge on any atom is -0.390 e. The molecule has 1 rings (SSSR count). The molecule has 0 aromatic heterocycles. The van der Waals surface area contributed by atoms with Crippen LogP contribution in [0.4, 0.5) is 5.69 Å². The van der Waals surface area contributed by atoms with Crippen LogP contribution < -0.4 is 5.73 Å². The number of nitrogens with zero attached hydrogens (tertiary/aromatic N) is 1. The van der Waals surface area contributed by atoms with Crippen molar-refractivity contribution in [2.24, 2.45) is 5.73 Å². The quantitative estimate of drug-likeness (QED) is 0.377. The lowest BCUT2D eigenvalue weighted by Crippen LogP contribution is -2.21. The first-order chi connectivity index (χ1) is 8.51. The number of rotatable bonds is 6. The number of hydrogen-bond donors (Lipinski definition) is 3. The van der Waals surface area contributed by atoms with Gasteiger partial charge < -0.3 is 15.9 Å². The van der Waals surface area contributed by atoms with Gasteiger partial charge in [0.1, 0.15) is 6.10 Å². The molecule has 0 radical (unpaired) electrons. The van der Waals surface area contributed by atoms with Gasteiger partial charge in [0, 0.05) is 6.07 Å². The van der Waals surface area contributed by atoms with E-state index in [1.54, 1.807) is 0 Å². The van der Waals surface area contributed by atoms with Gasteiger partial charge in [0.2, 0.25) is 0 Å². The summed E-state index contributed by atoms with van der Waals surface area (Å²) in [5, 5.41) is 30.0. The van der Waals surface area contributed by atoms with Crippen molar-refractivity contribution in [3.63, 3.8) is 0 Å². The van der Waals surface area contributed by atoms with Gasteiger partial charge in [0.25, 0.3) is 5.69 Å². The number of aliphatic hydroxyl groups excluding tert-OH is 2. The Kier molecular flexibility index (Phi) is 4.90. The largest absolute Gasteiger partial charge is 0.390 e. The van der Waals surface area contributed by atoms with E-state index in [1.165, 1.54) is 12.1 Å². The molecule has 0 aliphatic rings. The van der Waals surface area contributed by atoms with Crippen LogP contribution in [0.25, 0.3) is 0 Å². The Labute approximate surface area is 103 Å². The van der Waals surface area contributed by atoms with E-state index in [0.717, 1.165) is 6.07 Å². The van der Waals surface area contributed by atoms with E-state index in [1.807, 2.05) is 0 Å². The van der Waals surface area contributed by atoms with Crippen LogP contribution in [0.15, 0.2) is 18.2 Å². The summed E-state index contributed by atoms with van der Waals surface area (Å²) < 4.78 is 0. The maximum atomic E-state index is 10.7. The van der Waals surface area contributed by atoms with Crippen LogP contribution in [0.1, 0.15) is 28.4 Å². The Morgan fingerprint density at radius 1 is 1.44 bits per heavy atom. The summed E-state index contributed by atoms with van der Waals surface area (Å²) in [6.45, 7) is 0.200. The molecule has 7 heteroatoms. The highest BCUT2D eigenvalue weighted by Gasteiger charge is 2.21. The molecule has 0 spiro atoms. The van der Waals surface area contributed by atoms with Crippen molar-refractivity contribution in [3.05, 3.63) is 39.4 Å². The smallest absolute Gasteiger partial charge is 0.279 e. The second-order valence-electron chi connectivity index (χ2n) is 3.78. The molecule has 0 heterocycles. The van der Waals surface area contributed by atoms with Crippen LogP contribution in [0.5, 0.6) is 0 Å². The van der Waals surface area contributed by atoms with Crippen molar-refractivity contribution in [1.29, 1.82) is 0 Å². The predicted molar refractivity (Wildman–Crippen MR) is 63.1 cm³/mol. The SMILES string of the molecule is NCCC(O)C(O)c1ccc([N+](=O)[O-])c(C=O)c1. The minimum absolute atomic E-state index is 0.142. The number of carbonyl (C=O) groups is 1. The number of nitro groups is 1. The molecule has 0 saturated carbocycles. The predicted octanol–water partition coefficient (Wildman–Crippen LogP) is 0.150. The molecular weight excluding hydrogens is 240 g/mol. The number of nitro benzene ring substituents is 1. The molecule has 2 atom stereocenters.